The lowest BCUT2D eigenvalue weighted by Gasteiger charge is -2.17. The van der Waals surface area contributed by atoms with Crippen LogP contribution in [0.4, 0.5) is 0 Å². The lowest BCUT2D eigenvalue weighted by atomic mass is 10.4. The van der Waals surface area contributed by atoms with Gasteiger partial charge in [-0.3, -0.25) is 0 Å². The van der Waals surface area contributed by atoms with Crippen LogP contribution in [0.3, 0.4) is 0 Å². The normalized spacial score (nSPS) is 11.4. The molecule has 0 aliphatic heterocycles. The van der Waals surface area contributed by atoms with Crippen molar-refractivity contribution in [2.24, 2.45) is 0 Å². The number of carbonyl (C=O) groups is 1. The molecular weight excluding hydrogens is 404 g/mol. The van der Waals surface area contributed by atoms with Crippen molar-refractivity contribution in [2.75, 3.05) is 82.5 Å². The van der Waals surface area contributed by atoms with Crippen molar-refractivity contribution in [3.8, 4) is 0 Å². The second kappa shape index (κ2) is 23.3. The molecule has 168 valence electrons. The molecule has 0 saturated carbocycles. The van der Waals surface area contributed by atoms with Crippen LogP contribution in [-0.2, 0) is 28.5 Å². The van der Waals surface area contributed by atoms with Crippen LogP contribution in [0.5, 0.6) is 0 Å². The Labute approximate surface area is 178 Å². The van der Waals surface area contributed by atoms with E-state index in [-0.39, 0.29) is 19.8 Å². The summed E-state index contributed by atoms with van der Waals surface area (Å²) in [5.74, 6) is 3.29. The third kappa shape index (κ3) is 22.3. The molecule has 0 rings (SSSR count). The summed E-state index contributed by atoms with van der Waals surface area (Å²) >= 11 is 3.76. The first-order valence-electron chi connectivity index (χ1n) is 10.0. The summed E-state index contributed by atoms with van der Waals surface area (Å²) in [6.45, 7) is 7.86. The lowest BCUT2D eigenvalue weighted by Crippen LogP contribution is -2.29. The molecule has 7 nitrogen and oxygen atoms in total. The van der Waals surface area contributed by atoms with E-state index in [1.807, 2.05) is 23.5 Å². The average Bonchev–Trinajstić information content (AvgIpc) is 2.68. The molecule has 0 bridgehead atoms. The minimum absolute atomic E-state index is 0.274. The molecule has 0 aromatic heterocycles. The fourth-order valence-electron chi connectivity index (χ4n) is 1.93. The zero-order valence-corrected chi connectivity index (χ0v) is 19.0. The lowest BCUT2D eigenvalue weighted by molar-refractivity contribution is -0.148. The van der Waals surface area contributed by atoms with Crippen LogP contribution in [0.25, 0.3) is 0 Å². The molecule has 9 heteroatoms. The smallest absolute Gasteiger partial charge is 0.329 e. The van der Waals surface area contributed by atoms with Crippen molar-refractivity contribution < 1.29 is 33.6 Å². The van der Waals surface area contributed by atoms with E-state index in [4.69, 9.17) is 28.8 Å². The number of hydrogen-bond donors (Lipinski definition) is 1. The Morgan fingerprint density at radius 2 is 1.21 bits per heavy atom. The molecule has 0 aliphatic rings. The molecule has 1 N–H and O–H groups in total. The summed E-state index contributed by atoms with van der Waals surface area (Å²) in [6.07, 6.45) is 1.94. The van der Waals surface area contributed by atoms with Crippen LogP contribution >= 0.6 is 23.5 Å². The number of rotatable bonds is 23. The minimum atomic E-state index is -1.01. The van der Waals surface area contributed by atoms with Gasteiger partial charge in [-0.15, -0.1) is 0 Å². The van der Waals surface area contributed by atoms with Gasteiger partial charge in [0.25, 0.3) is 0 Å². The van der Waals surface area contributed by atoms with Gasteiger partial charge in [-0.25, -0.2) is 4.79 Å². The summed E-state index contributed by atoms with van der Waals surface area (Å²) in [6, 6.07) is 0. The number of aliphatic carboxylic acids is 1. The van der Waals surface area contributed by atoms with Gasteiger partial charge in [-0.2, -0.15) is 23.5 Å². The van der Waals surface area contributed by atoms with E-state index in [1.54, 1.807) is 0 Å². The van der Waals surface area contributed by atoms with E-state index in [9.17, 15) is 4.79 Å². The van der Waals surface area contributed by atoms with E-state index >= 15 is 0 Å². The third-order valence-electron chi connectivity index (χ3n) is 3.23. The van der Waals surface area contributed by atoms with Crippen LogP contribution < -0.4 is 0 Å². The van der Waals surface area contributed by atoms with Gasteiger partial charge in [-0.05, 0) is 24.3 Å². The van der Waals surface area contributed by atoms with Gasteiger partial charge in [0.2, 0.25) is 0 Å². The largest absolute Gasteiger partial charge is 0.480 e. The summed E-state index contributed by atoms with van der Waals surface area (Å²) in [4.78, 5) is 10.7. The summed E-state index contributed by atoms with van der Waals surface area (Å²) in [5, 5.41) is 8.77. The Morgan fingerprint density at radius 3 is 1.64 bits per heavy atom. The van der Waals surface area contributed by atoms with E-state index in [2.05, 4.69) is 13.8 Å². The highest BCUT2D eigenvalue weighted by molar-refractivity contribution is 7.99. The number of hydrogen-bond acceptors (Lipinski definition) is 8. The Bertz CT molecular complexity index is 313. The molecule has 0 fully saturated rings. The fraction of sp³-hybridized carbons (Fsp3) is 0.947. The number of carboxylic acid groups (broad SMARTS) is 1. The second-order valence-electron chi connectivity index (χ2n) is 5.93. The SMILES string of the molecule is CCCSCCOCCOCC(COCCOCCSCCC)OCC(=O)O. The topological polar surface area (TPSA) is 83.5 Å². The first kappa shape index (κ1) is 28.0. The molecule has 0 spiro atoms. The molecule has 0 atom stereocenters. The molecule has 0 heterocycles. The first-order valence-corrected chi connectivity index (χ1v) is 12.3. The first-order chi connectivity index (χ1) is 13.7. The zero-order chi connectivity index (χ0) is 20.7. The van der Waals surface area contributed by atoms with Crippen LogP contribution in [0.2, 0.25) is 0 Å². The number of thioether (sulfide) groups is 2. The molecule has 0 unspecified atom stereocenters. The minimum Gasteiger partial charge on any atom is -0.480 e. The quantitative estimate of drug-likeness (QED) is 0.240. The van der Waals surface area contributed by atoms with Crippen LogP contribution in [-0.4, -0.2) is 99.7 Å². The van der Waals surface area contributed by atoms with E-state index in [0.717, 1.165) is 23.0 Å². The molecule has 0 aromatic carbocycles. The Balaban J connectivity index is 3.66. The van der Waals surface area contributed by atoms with Crippen molar-refractivity contribution in [3.63, 3.8) is 0 Å². The Morgan fingerprint density at radius 1 is 0.750 bits per heavy atom. The van der Waals surface area contributed by atoms with E-state index in [0.29, 0.717) is 39.6 Å². The summed E-state index contributed by atoms with van der Waals surface area (Å²) in [7, 11) is 0. The Hall–Kier alpha value is -0.0300. The van der Waals surface area contributed by atoms with Gasteiger partial charge in [0.1, 0.15) is 12.7 Å². The van der Waals surface area contributed by atoms with Gasteiger partial charge in [-0.1, -0.05) is 13.8 Å². The van der Waals surface area contributed by atoms with E-state index < -0.39 is 12.1 Å². The molecule has 0 radical (unpaired) electrons. The number of ether oxygens (including phenoxy) is 5. The number of carboxylic acids is 1. The van der Waals surface area contributed by atoms with Crippen molar-refractivity contribution in [1.82, 2.24) is 0 Å². The molecule has 0 aromatic rings. The van der Waals surface area contributed by atoms with Crippen LogP contribution in [0, 0.1) is 0 Å². The standard InChI is InChI=1S/C19H38O7S2/c1-3-11-27-13-9-22-5-7-24-15-18(26-17-19(20)21)16-25-8-6-23-10-14-28-12-4-2/h18H,3-17H2,1-2H3,(H,20,21). The average molecular weight is 443 g/mol. The van der Waals surface area contributed by atoms with Gasteiger partial charge in [0.05, 0.1) is 52.9 Å². The fourth-order valence-corrected chi connectivity index (χ4v) is 3.39. The van der Waals surface area contributed by atoms with Gasteiger partial charge in [0.15, 0.2) is 0 Å². The zero-order valence-electron chi connectivity index (χ0n) is 17.4. The predicted octanol–water partition coefficient (Wildman–Crippen LogP) is 2.81. The van der Waals surface area contributed by atoms with Crippen molar-refractivity contribution >= 4 is 29.5 Å². The maximum Gasteiger partial charge on any atom is 0.329 e. The highest BCUT2D eigenvalue weighted by Gasteiger charge is 2.12. The van der Waals surface area contributed by atoms with Crippen molar-refractivity contribution in [1.29, 1.82) is 0 Å². The van der Waals surface area contributed by atoms with Crippen molar-refractivity contribution in [2.45, 2.75) is 32.8 Å². The molecule has 28 heavy (non-hydrogen) atoms. The van der Waals surface area contributed by atoms with Crippen LogP contribution in [0.1, 0.15) is 26.7 Å². The maximum absolute atomic E-state index is 10.7. The highest BCUT2D eigenvalue weighted by Crippen LogP contribution is 2.02. The van der Waals surface area contributed by atoms with Gasteiger partial charge >= 0.3 is 5.97 Å². The maximum atomic E-state index is 10.7. The summed E-state index contributed by atoms with van der Waals surface area (Å²) < 4.78 is 27.3. The third-order valence-corrected chi connectivity index (χ3v) is 5.54. The molecule has 0 saturated heterocycles. The van der Waals surface area contributed by atoms with E-state index in [1.165, 1.54) is 12.8 Å². The molecule has 0 amide bonds. The Kier molecular flexibility index (Phi) is 23.2. The molecular formula is C19H38O7S2. The predicted molar refractivity (Wildman–Crippen MR) is 116 cm³/mol. The molecule has 0 aliphatic carbocycles. The second-order valence-corrected chi connectivity index (χ2v) is 8.38. The van der Waals surface area contributed by atoms with Crippen molar-refractivity contribution in [3.05, 3.63) is 0 Å². The highest BCUT2D eigenvalue weighted by atomic mass is 32.2. The van der Waals surface area contributed by atoms with Gasteiger partial charge < -0.3 is 28.8 Å². The van der Waals surface area contributed by atoms with Gasteiger partial charge in [0, 0.05) is 11.5 Å². The summed E-state index contributed by atoms with van der Waals surface area (Å²) in [5.41, 5.74) is 0. The monoisotopic (exact) mass is 442 g/mol. The van der Waals surface area contributed by atoms with Crippen LogP contribution in [0.15, 0.2) is 0 Å².